The van der Waals surface area contributed by atoms with Crippen LogP contribution in [0.4, 0.5) is 37.6 Å². The molecular formula is C47H57F2N9O7. The lowest BCUT2D eigenvalue weighted by molar-refractivity contribution is -0.141. The summed E-state index contributed by atoms with van der Waals surface area (Å²) in [4.78, 5) is 81.5. The molecule has 0 radical (unpaired) electrons. The number of benzene rings is 2. The number of fused-ring (bicyclic) bond motifs is 1. The van der Waals surface area contributed by atoms with E-state index in [9.17, 15) is 29.1 Å². The first kappa shape index (κ1) is 44.3. The van der Waals surface area contributed by atoms with Gasteiger partial charge in [0.05, 0.1) is 30.8 Å². The van der Waals surface area contributed by atoms with Gasteiger partial charge in [0.25, 0.3) is 5.91 Å². The van der Waals surface area contributed by atoms with Crippen LogP contribution >= 0.6 is 0 Å². The second kappa shape index (κ2) is 17.5. The molecule has 2 aliphatic carbocycles. The Bertz CT molecular complexity index is 2370. The summed E-state index contributed by atoms with van der Waals surface area (Å²) in [5.41, 5.74) is 0.875. The van der Waals surface area contributed by atoms with Crippen molar-refractivity contribution in [2.24, 2.45) is 11.3 Å². The van der Waals surface area contributed by atoms with E-state index in [-0.39, 0.29) is 66.2 Å². The molecule has 3 saturated heterocycles. The zero-order valence-electron chi connectivity index (χ0n) is 37.1. The van der Waals surface area contributed by atoms with Gasteiger partial charge in [-0.25, -0.2) is 13.8 Å². The molecule has 65 heavy (non-hydrogen) atoms. The number of imide groups is 1. The van der Waals surface area contributed by atoms with Crippen LogP contribution in [-0.2, 0) is 19.2 Å². The molecule has 5 fully saturated rings. The largest absolute Gasteiger partial charge is 0.495 e. The van der Waals surface area contributed by atoms with Crippen LogP contribution in [-0.4, -0.2) is 114 Å². The maximum atomic E-state index is 15.2. The van der Waals surface area contributed by atoms with Crippen LogP contribution in [0.25, 0.3) is 0 Å². The quantitative estimate of drug-likeness (QED) is 0.180. The maximum Gasteiger partial charge on any atom is 0.251 e. The number of amides is 5. The van der Waals surface area contributed by atoms with Crippen molar-refractivity contribution in [3.05, 3.63) is 59.3 Å². The lowest BCUT2D eigenvalue weighted by Gasteiger charge is -2.59. The number of aromatic nitrogens is 2. The number of nitrogens with zero attached hydrogens (tertiary/aromatic N) is 6. The SMILES string of the molecule is CC[C@@H]1C(=O)N(C)c2cnc(Nc3ccc(C(=O)NC4(CCO)CC5(CCN(C(=O)C6CN(c7cc(F)c(C8CCC(=O)NC8=O)c(F)c7)C6)CC5)C4)cc3OC)nc2N1C1CCCC1. The summed E-state index contributed by atoms with van der Waals surface area (Å²) in [6, 6.07) is 7.42. The monoisotopic (exact) mass is 897 g/mol. The third-order valence-corrected chi connectivity index (χ3v) is 14.9. The molecule has 6 aliphatic rings. The van der Waals surface area contributed by atoms with Crippen LogP contribution in [0.1, 0.15) is 106 Å². The van der Waals surface area contributed by atoms with Gasteiger partial charge in [-0.2, -0.15) is 4.98 Å². The van der Waals surface area contributed by atoms with Crippen LogP contribution in [0, 0.1) is 23.0 Å². The summed E-state index contributed by atoms with van der Waals surface area (Å²) < 4.78 is 36.1. The number of carbonyl (C=O) groups is 5. The Morgan fingerprint density at radius 3 is 2.37 bits per heavy atom. The first-order valence-corrected chi connectivity index (χ1v) is 22.9. The second-order valence-electron chi connectivity index (χ2n) is 18.9. The molecule has 4 aliphatic heterocycles. The van der Waals surface area contributed by atoms with Gasteiger partial charge in [0.15, 0.2) is 5.82 Å². The third kappa shape index (κ3) is 8.22. The number of rotatable bonds is 12. The van der Waals surface area contributed by atoms with Crippen molar-refractivity contribution in [3.8, 4) is 5.75 Å². The van der Waals surface area contributed by atoms with Gasteiger partial charge in [-0.15, -0.1) is 0 Å². The van der Waals surface area contributed by atoms with Crippen LogP contribution in [0.5, 0.6) is 5.75 Å². The molecule has 346 valence electrons. The number of aliphatic hydroxyl groups is 1. The highest BCUT2D eigenvalue weighted by molar-refractivity contribution is 6.04. The highest BCUT2D eigenvalue weighted by atomic mass is 19.1. The number of ether oxygens (including phenoxy) is 1. The predicted octanol–water partition coefficient (Wildman–Crippen LogP) is 4.92. The molecule has 4 N–H and O–H groups in total. The van der Waals surface area contributed by atoms with Crippen molar-refractivity contribution < 1.29 is 42.6 Å². The molecule has 2 saturated carbocycles. The number of hydrogen-bond acceptors (Lipinski definition) is 12. The Morgan fingerprint density at radius 1 is 1.02 bits per heavy atom. The number of methoxy groups -OCH3 is 1. The molecule has 16 nitrogen and oxygen atoms in total. The van der Waals surface area contributed by atoms with E-state index in [0.29, 0.717) is 86.2 Å². The summed E-state index contributed by atoms with van der Waals surface area (Å²) in [6.45, 7) is 3.65. The fraction of sp³-hybridized carbons (Fsp3) is 0.553. The third-order valence-electron chi connectivity index (χ3n) is 14.9. The highest BCUT2D eigenvalue weighted by Gasteiger charge is 2.56. The molecule has 3 aromatic rings. The zero-order valence-corrected chi connectivity index (χ0v) is 37.1. The average Bonchev–Trinajstić information content (AvgIpc) is 3.79. The minimum Gasteiger partial charge on any atom is -0.495 e. The van der Waals surface area contributed by atoms with Crippen LogP contribution in [0.3, 0.4) is 0 Å². The van der Waals surface area contributed by atoms with Gasteiger partial charge in [-0.05, 0) is 93.5 Å². The van der Waals surface area contributed by atoms with Gasteiger partial charge in [0, 0.05) is 74.6 Å². The molecule has 9 rings (SSSR count). The Kier molecular flexibility index (Phi) is 11.9. The van der Waals surface area contributed by atoms with E-state index in [1.807, 2.05) is 11.8 Å². The number of nitrogens with one attached hydrogen (secondary N) is 3. The van der Waals surface area contributed by atoms with Crippen molar-refractivity contribution in [1.82, 2.24) is 25.5 Å². The molecule has 0 bridgehead atoms. The smallest absolute Gasteiger partial charge is 0.251 e. The molecule has 2 atom stereocenters. The first-order valence-electron chi connectivity index (χ1n) is 22.9. The minimum absolute atomic E-state index is 0.00296. The molecule has 1 aromatic heterocycles. The first-order chi connectivity index (χ1) is 31.2. The molecule has 18 heteroatoms. The second-order valence-corrected chi connectivity index (χ2v) is 18.9. The number of anilines is 5. The number of likely N-dealkylation sites (N-methyl/N-ethyl adjacent to an activating group) is 1. The predicted molar refractivity (Wildman–Crippen MR) is 237 cm³/mol. The van der Waals surface area contributed by atoms with E-state index in [1.54, 1.807) is 41.2 Å². The summed E-state index contributed by atoms with van der Waals surface area (Å²) in [5.74, 6) is -3.06. The van der Waals surface area contributed by atoms with Crippen molar-refractivity contribution >= 4 is 58.4 Å². The van der Waals surface area contributed by atoms with Gasteiger partial charge >= 0.3 is 0 Å². The van der Waals surface area contributed by atoms with E-state index >= 15 is 8.78 Å². The Hall–Kier alpha value is -5.91. The highest BCUT2D eigenvalue weighted by Crippen LogP contribution is 2.56. The number of piperidine rings is 2. The van der Waals surface area contributed by atoms with Crippen molar-refractivity contribution in [2.75, 3.05) is 67.0 Å². The minimum atomic E-state index is -1.08. The average molecular weight is 898 g/mol. The van der Waals surface area contributed by atoms with E-state index < -0.39 is 34.9 Å². The summed E-state index contributed by atoms with van der Waals surface area (Å²) >= 11 is 0. The van der Waals surface area contributed by atoms with Gasteiger partial charge in [-0.3, -0.25) is 29.3 Å². The van der Waals surface area contributed by atoms with E-state index in [4.69, 9.17) is 9.72 Å². The summed E-state index contributed by atoms with van der Waals surface area (Å²) in [7, 11) is 3.29. The Balaban J connectivity index is 0.795. The fourth-order valence-corrected chi connectivity index (χ4v) is 11.5. The summed E-state index contributed by atoms with van der Waals surface area (Å²) in [6.07, 6.45) is 9.84. The van der Waals surface area contributed by atoms with E-state index in [0.717, 1.165) is 44.3 Å². The molecule has 5 heterocycles. The molecule has 1 spiro atoms. The number of carbonyl (C=O) groups excluding carboxylic acids is 5. The number of likely N-dealkylation sites (tertiary alicyclic amines) is 1. The van der Waals surface area contributed by atoms with E-state index in [2.05, 4.69) is 25.8 Å². The van der Waals surface area contributed by atoms with Crippen LogP contribution in [0.15, 0.2) is 36.5 Å². The van der Waals surface area contributed by atoms with Crippen molar-refractivity contribution in [2.45, 2.75) is 108 Å². The van der Waals surface area contributed by atoms with Crippen molar-refractivity contribution in [3.63, 3.8) is 0 Å². The lowest BCUT2D eigenvalue weighted by atomic mass is 9.52. The molecule has 1 unspecified atom stereocenters. The topological polar surface area (TPSA) is 190 Å². The molecular weight excluding hydrogens is 841 g/mol. The summed E-state index contributed by atoms with van der Waals surface area (Å²) in [5, 5.41) is 18.8. The number of hydrogen-bond donors (Lipinski definition) is 4. The van der Waals surface area contributed by atoms with Gasteiger partial charge in [-0.1, -0.05) is 19.8 Å². The van der Waals surface area contributed by atoms with Crippen LogP contribution < -0.4 is 35.4 Å². The standard InChI is InChI=1S/C47H57F2N9O7/c1-4-35-44(64)55(2)36-22-50-45(53-40(36)58(35)29-7-5-6-8-29)51-34-11-9-27(19-37(34)65-3)41(61)54-47(15-18-59)25-46(26-47)13-16-56(17-14-46)43(63)28-23-57(24-28)30-20-32(48)39(33(49)21-30)31-10-12-38(60)52-42(31)62/h9,11,19-22,28-29,31,35,59H,4-8,10,12-18,23-26H2,1-3H3,(H,54,61)(H,50,51,53)(H,52,60,62)/t31?,35-/m1/s1. The molecule has 2 aromatic carbocycles. The Labute approximate surface area is 376 Å². The number of aliphatic hydroxyl groups excluding tert-OH is 1. The van der Waals surface area contributed by atoms with E-state index in [1.165, 1.54) is 19.2 Å². The van der Waals surface area contributed by atoms with Gasteiger partial charge in [0.2, 0.25) is 29.6 Å². The van der Waals surface area contributed by atoms with Gasteiger partial charge in [0.1, 0.15) is 29.1 Å². The molecule has 5 amide bonds. The normalized spacial score (nSPS) is 22.9. The lowest BCUT2D eigenvalue weighted by Crippen LogP contribution is -2.65. The zero-order chi connectivity index (χ0) is 45.8. The number of halogens is 2. The Morgan fingerprint density at radius 2 is 1.72 bits per heavy atom. The van der Waals surface area contributed by atoms with Crippen molar-refractivity contribution in [1.29, 1.82) is 0 Å². The fourth-order valence-electron chi connectivity index (χ4n) is 11.5. The van der Waals surface area contributed by atoms with Gasteiger partial charge < -0.3 is 40.1 Å². The maximum absolute atomic E-state index is 15.2. The van der Waals surface area contributed by atoms with Crippen LogP contribution in [0.2, 0.25) is 0 Å².